The van der Waals surface area contributed by atoms with E-state index in [1.165, 1.54) is 12.1 Å². The van der Waals surface area contributed by atoms with Crippen LogP contribution in [0.3, 0.4) is 0 Å². The summed E-state index contributed by atoms with van der Waals surface area (Å²) in [6.45, 7) is 3.07. The number of carbonyl (C=O) groups excluding carboxylic acids is 1. The first-order valence-electron chi connectivity index (χ1n) is 6.32. The fourth-order valence-corrected chi connectivity index (χ4v) is 1.85. The molecule has 1 rings (SSSR count). The standard InChI is InChI=1S/C14H21NO4/c1-10(8-14(18)15-6-3-7-19-2)12-5-4-11(16)9-13(12)17/h4-5,9-10,16-17H,3,6-8H2,1-2H3,(H,15,18). The molecule has 0 spiro atoms. The average molecular weight is 267 g/mol. The Labute approximate surface area is 113 Å². The van der Waals surface area contributed by atoms with E-state index in [4.69, 9.17) is 4.74 Å². The van der Waals surface area contributed by atoms with Gasteiger partial charge in [0.2, 0.25) is 5.91 Å². The molecule has 5 nitrogen and oxygen atoms in total. The Bertz CT molecular complexity index is 420. The van der Waals surface area contributed by atoms with Gasteiger partial charge in [0.15, 0.2) is 0 Å². The van der Waals surface area contributed by atoms with Gasteiger partial charge in [-0.25, -0.2) is 0 Å². The number of hydrogen-bond donors (Lipinski definition) is 3. The van der Waals surface area contributed by atoms with Gasteiger partial charge in [0.25, 0.3) is 0 Å². The summed E-state index contributed by atoms with van der Waals surface area (Å²) in [6, 6.07) is 4.41. The van der Waals surface area contributed by atoms with E-state index in [1.807, 2.05) is 6.92 Å². The minimum Gasteiger partial charge on any atom is -0.508 e. The van der Waals surface area contributed by atoms with Gasteiger partial charge in [0.05, 0.1) is 0 Å². The molecule has 0 aliphatic carbocycles. The Balaban J connectivity index is 2.45. The molecular formula is C14H21NO4. The van der Waals surface area contributed by atoms with Crippen LogP contribution >= 0.6 is 0 Å². The third kappa shape index (κ3) is 5.18. The number of hydrogen-bond acceptors (Lipinski definition) is 4. The quantitative estimate of drug-likeness (QED) is 0.658. The molecule has 5 heteroatoms. The lowest BCUT2D eigenvalue weighted by Crippen LogP contribution is -2.26. The molecule has 1 unspecified atom stereocenters. The molecule has 0 bridgehead atoms. The molecule has 0 aliphatic heterocycles. The maximum atomic E-state index is 11.7. The molecule has 0 aromatic heterocycles. The largest absolute Gasteiger partial charge is 0.508 e. The van der Waals surface area contributed by atoms with Crippen LogP contribution in [0.5, 0.6) is 11.5 Å². The molecule has 1 amide bonds. The summed E-state index contributed by atoms with van der Waals surface area (Å²) in [6.07, 6.45) is 1.08. The fourth-order valence-electron chi connectivity index (χ4n) is 1.85. The van der Waals surface area contributed by atoms with Gasteiger partial charge in [-0.2, -0.15) is 0 Å². The number of carbonyl (C=O) groups is 1. The Hall–Kier alpha value is -1.75. The van der Waals surface area contributed by atoms with Crippen LogP contribution in [0.15, 0.2) is 18.2 Å². The molecule has 0 saturated heterocycles. The predicted octanol–water partition coefficient (Wildman–Crippen LogP) is 1.74. The Morgan fingerprint density at radius 2 is 2.16 bits per heavy atom. The van der Waals surface area contributed by atoms with Crippen LogP contribution < -0.4 is 5.32 Å². The Kier molecular flexibility index (Phi) is 6.15. The van der Waals surface area contributed by atoms with Crippen molar-refractivity contribution < 1.29 is 19.7 Å². The van der Waals surface area contributed by atoms with Crippen LogP contribution in [-0.2, 0) is 9.53 Å². The molecule has 1 aromatic rings. The first-order chi connectivity index (χ1) is 9.04. The molecule has 1 atom stereocenters. The second-order valence-corrected chi connectivity index (χ2v) is 4.54. The summed E-state index contributed by atoms with van der Waals surface area (Å²) in [5.74, 6) is -0.142. The van der Waals surface area contributed by atoms with Crippen LogP contribution in [0.2, 0.25) is 0 Å². The number of benzene rings is 1. The monoisotopic (exact) mass is 267 g/mol. The molecule has 19 heavy (non-hydrogen) atoms. The number of amides is 1. The summed E-state index contributed by atoms with van der Waals surface area (Å²) in [5, 5.41) is 21.7. The van der Waals surface area contributed by atoms with E-state index in [9.17, 15) is 15.0 Å². The number of methoxy groups -OCH3 is 1. The lowest BCUT2D eigenvalue weighted by atomic mass is 9.96. The van der Waals surface area contributed by atoms with Gasteiger partial charge in [0, 0.05) is 32.7 Å². The maximum absolute atomic E-state index is 11.7. The zero-order chi connectivity index (χ0) is 14.3. The van der Waals surface area contributed by atoms with Crippen LogP contribution in [0.4, 0.5) is 0 Å². The topological polar surface area (TPSA) is 78.8 Å². The highest BCUT2D eigenvalue weighted by Gasteiger charge is 2.14. The minimum absolute atomic E-state index is 0.0115. The number of phenolic OH excluding ortho intramolecular Hbond substituents is 2. The van der Waals surface area contributed by atoms with E-state index in [0.717, 1.165) is 6.42 Å². The molecule has 1 aromatic carbocycles. The van der Waals surface area contributed by atoms with E-state index < -0.39 is 0 Å². The van der Waals surface area contributed by atoms with Crippen molar-refractivity contribution in [2.24, 2.45) is 0 Å². The molecule has 0 aliphatic rings. The number of rotatable bonds is 7. The van der Waals surface area contributed by atoms with E-state index in [1.54, 1.807) is 13.2 Å². The first-order valence-corrected chi connectivity index (χ1v) is 6.32. The number of aromatic hydroxyl groups is 2. The SMILES string of the molecule is COCCCNC(=O)CC(C)c1ccc(O)cc1O. The summed E-state index contributed by atoms with van der Waals surface area (Å²) >= 11 is 0. The average Bonchev–Trinajstić information content (AvgIpc) is 2.34. The van der Waals surface area contributed by atoms with Crippen molar-refractivity contribution in [3.8, 4) is 11.5 Å². The highest BCUT2D eigenvalue weighted by atomic mass is 16.5. The van der Waals surface area contributed by atoms with E-state index >= 15 is 0 Å². The molecule has 0 radical (unpaired) electrons. The molecule has 0 saturated carbocycles. The van der Waals surface area contributed by atoms with Crippen molar-refractivity contribution in [3.63, 3.8) is 0 Å². The molecule has 0 fully saturated rings. The van der Waals surface area contributed by atoms with Gasteiger partial charge in [-0.3, -0.25) is 4.79 Å². The number of nitrogens with one attached hydrogen (secondary N) is 1. The van der Waals surface area contributed by atoms with Gasteiger partial charge >= 0.3 is 0 Å². The van der Waals surface area contributed by atoms with Crippen molar-refractivity contribution in [1.29, 1.82) is 0 Å². The zero-order valence-corrected chi connectivity index (χ0v) is 11.3. The van der Waals surface area contributed by atoms with E-state index in [0.29, 0.717) is 25.1 Å². The third-order valence-electron chi connectivity index (χ3n) is 2.88. The van der Waals surface area contributed by atoms with Crippen molar-refractivity contribution in [2.75, 3.05) is 20.3 Å². The van der Waals surface area contributed by atoms with Crippen molar-refractivity contribution in [3.05, 3.63) is 23.8 Å². The summed E-state index contributed by atoms with van der Waals surface area (Å²) in [4.78, 5) is 11.7. The lowest BCUT2D eigenvalue weighted by Gasteiger charge is -2.13. The summed E-state index contributed by atoms with van der Waals surface area (Å²) in [5.41, 5.74) is 0.657. The van der Waals surface area contributed by atoms with Crippen molar-refractivity contribution in [1.82, 2.24) is 5.32 Å². The minimum atomic E-state index is -0.108. The second-order valence-electron chi connectivity index (χ2n) is 4.54. The lowest BCUT2D eigenvalue weighted by molar-refractivity contribution is -0.121. The van der Waals surface area contributed by atoms with Crippen LogP contribution in [0.1, 0.15) is 31.2 Å². The zero-order valence-electron chi connectivity index (χ0n) is 11.3. The van der Waals surface area contributed by atoms with Crippen molar-refractivity contribution in [2.45, 2.75) is 25.7 Å². The molecular weight excluding hydrogens is 246 g/mol. The highest BCUT2D eigenvalue weighted by Crippen LogP contribution is 2.30. The van der Waals surface area contributed by atoms with Gasteiger partial charge in [-0.15, -0.1) is 0 Å². The third-order valence-corrected chi connectivity index (χ3v) is 2.88. The predicted molar refractivity (Wildman–Crippen MR) is 72.3 cm³/mol. The van der Waals surface area contributed by atoms with Gasteiger partial charge in [-0.05, 0) is 24.0 Å². The van der Waals surface area contributed by atoms with Crippen LogP contribution in [0, 0.1) is 0 Å². The smallest absolute Gasteiger partial charge is 0.220 e. The fraction of sp³-hybridized carbons (Fsp3) is 0.500. The van der Waals surface area contributed by atoms with Crippen molar-refractivity contribution >= 4 is 5.91 Å². The number of phenols is 2. The van der Waals surface area contributed by atoms with E-state index in [-0.39, 0.29) is 23.3 Å². The second kappa shape index (κ2) is 7.63. The normalized spacial score (nSPS) is 12.1. The maximum Gasteiger partial charge on any atom is 0.220 e. The van der Waals surface area contributed by atoms with E-state index in [2.05, 4.69) is 5.32 Å². The molecule has 0 heterocycles. The first kappa shape index (κ1) is 15.3. The van der Waals surface area contributed by atoms with Crippen LogP contribution in [0.25, 0.3) is 0 Å². The highest BCUT2D eigenvalue weighted by molar-refractivity contribution is 5.76. The molecule has 3 N–H and O–H groups in total. The number of ether oxygens (including phenoxy) is 1. The molecule has 106 valence electrons. The summed E-state index contributed by atoms with van der Waals surface area (Å²) < 4.78 is 4.89. The van der Waals surface area contributed by atoms with Gasteiger partial charge in [0.1, 0.15) is 11.5 Å². The summed E-state index contributed by atoms with van der Waals surface area (Å²) in [7, 11) is 1.62. The Morgan fingerprint density at radius 3 is 2.79 bits per heavy atom. The van der Waals surface area contributed by atoms with Gasteiger partial charge < -0.3 is 20.3 Å². The van der Waals surface area contributed by atoms with Crippen LogP contribution in [-0.4, -0.2) is 36.4 Å². The van der Waals surface area contributed by atoms with Gasteiger partial charge in [-0.1, -0.05) is 13.0 Å². The Morgan fingerprint density at radius 1 is 1.42 bits per heavy atom.